The Bertz CT molecular complexity index is 576. The van der Waals surface area contributed by atoms with Gasteiger partial charge >= 0.3 is 0 Å². The molecule has 0 heterocycles. The van der Waals surface area contributed by atoms with Crippen molar-refractivity contribution >= 4 is 29.1 Å². The summed E-state index contributed by atoms with van der Waals surface area (Å²) >= 11 is 11.9. The highest BCUT2D eigenvalue weighted by molar-refractivity contribution is 6.34. The number of benzene rings is 1. The van der Waals surface area contributed by atoms with E-state index in [4.69, 9.17) is 28.9 Å². The zero-order valence-corrected chi connectivity index (χ0v) is 15.1. The van der Waals surface area contributed by atoms with Gasteiger partial charge in [-0.25, -0.2) is 0 Å². The highest BCUT2D eigenvalue weighted by atomic mass is 35.5. The van der Waals surface area contributed by atoms with E-state index in [0.717, 1.165) is 25.7 Å². The third-order valence-electron chi connectivity index (χ3n) is 5.52. The summed E-state index contributed by atoms with van der Waals surface area (Å²) in [4.78, 5) is 12.5. The Balaban J connectivity index is 1.55. The Hall–Kier alpha value is -0.810. The van der Waals surface area contributed by atoms with E-state index < -0.39 is 6.10 Å². The van der Waals surface area contributed by atoms with Crippen molar-refractivity contribution in [2.45, 2.75) is 44.2 Å². The van der Waals surface area contributed by atoms with E-state index in [1.165, 1.54) is 6.42 Å². The van der Waals surface area contributed by atoms with Crippen LogP contribution in [0.2, 0.25) is 10.0 Å². The number of hydrogen-bond acceptors (Lipinski definition) is 3. The van der Waals surface area contributed by atoms with Gasteiger partial charge in [0.2, 0.25) is 5.91 Å². The maximum Gasteiger partial charge on any atom is 0.223 e. The monoisotopic (exact) mass is 370 g/mol. The second-order valence-electron chi connectivity index (χ2n) is 7.16. The normalized spacial score (nSPS) is 30.7. The fraction of sp³-hybridized carbons (Fsp3) is 0.611. The highest BCUT2D eigenvalue weighted by Gasteiger charge is 2.40. The Morgan fingerprint density at radius 2 is 1.79 bits per heavy atom. The summed E-state index contributed by atoms with van der Waals surface area (Å²) in [5.74, 6) is 0.955. The molecule has 0 saturated heterocycles. The number of rotatable bonds is 4. The minimum atomic E-state index is -0.824. The van der Waals surface area contributed by atoms with Crippen LogP contribution in [0, 0.1) is 17.8 Å². The lowest BCUT2D eigenvalue weighted by Crippen LogP contribution is -2.49. The number of aliphatic hydroxyl groups excluding tert-OH is 1. The average molecular weight is 371 g/mol. The quantitative estimate of drug-likeness (QED) is 0.760. The van der Waals surface area contributed by atoms with Crippen LogP contribution in [0.25, 0.3) is 0 Å². The first-order valence-corrected chi connectivity index (χ1v) is 9.37. The molecule has 2 bridgehead atoms. The van der Waals surface area contributed by atoms with Crippen LogP contribution in [0.1, 0.15) is 43.8 Å². The third-order valence-corrected chi connectivity index (χ3v) is 5.96. The number of halogens is 2. The van der Waals surface area contributed by atoms with Gasteiger partial charge in [-0.05, 0) is 61.3 Å². The average Bonchev–Trinajstić information content (AvgIpc) is 2.51. The second-order valence-corrected chi connectivity index (χ2v) is 8.03. The van der Waals surface area contributed by atoms with Gasteiger partial charge < -0.3 is 16.2 Å². The molecule has 132 valence electrons. The lowest BCUT2D eigenvalue weighted by atomic mass is 9.65. The fourth-order valence-electron chi connectivity index (χ4n) is 4.23. The van der Waals surface area contributed by atoms with Gasteiger partial charge in [0.05, 0.1) is 6.10 Å². The number of fused-ring (bicyclic) bond motifs is 2. The minimum Gasteiger partial charge on any atom is -0.387 e. The van der Waals surface area contributed by atoms with Crippen molar-refractivity contribution in [3.05, 3.63) is 33.8 Å². The molecule has 3 rings (SSSR count). The molecule has 1 aromatic carbocycles. The fourth-order valence-corrected chi connectivity index (χ4v) is 4.77. The van der Waals surface area contributed by atoms with Crippen molar-refractivity contribution < 1.29 is 9.90 Å². The maximum atomic E-state index is 12.5. The van der Waals surface area contributed by atoms with Crippen molar-refractivity contribution in [3.8, 4) is 0 Å². The molecule has 1 amide bonds. The molecule has 2 fully saturated rings. The molecule has 4 nitrogen and oxygen atoms in total. The number of nitrogens with one attached hydrogen (secondary N) is 1. The van der Waals surface area contributed by atoms with Gasteiger partial charge in [-0.2, -0.15) is 0 Å². The molecule has 2 saturated carbocycles. The van der Waals surface area contributed by atoms with Gasteiger partial charge in [-0.1, -0.05) is 29.6 Å². The van der Waals surface area contributed by atoms with E-state index in [1.807, 2.05) is 0 Å². The molecular weight excluding hydrogens is 347 g/mol. The van der Waals surface area contributed by atoms with Crippen LogP contribution in [0.5, 0.6) is 0 Å². The summed E-state index contributed by atoms with van der Waals surface area (Å²) < 4.78 is 0. The summed E-state index contributed by atoms with van der Waals surface area (Å²) in [6.07, 6.45) is 4.39. The van der Waals surface area contributed by atoms with Gasteiger partial charge in [0.25, 0.3) is 0 Å². The molecule has 0 radical (unpaired) electrons. The predicted octanol–water partition coefficient (Wildman–Crippen LogP) is 3.30. The highest BCUT2D eigenvalue weighted by Crippen LogP contribution is 2.41. The zero-order chi connectivity index (χ0) is 17.3. The molecule has 2 aliphatic carbocycles. The second kappa shape index (κ2) is 7.61. The number of aliphatic hydroxyl groups is 1. The number of hydrogen-bond donors (Lipinski definition) is 3. The van der Waals surface area contributed by atoms with Crippen LogP contribution in [0.15, 0.2) is 18.2 Å². The summed E-state index contributed by atoms with van der Waals surface area (Å²) in [6.45, 7) is 0.160. The largest absolute Gasteiger partial charge is 0.387 e. The molecule has 3 atom stereocenters. The lowest BCUT2D eigenvalue weighted by molar-refractivity contribution is -0.128. The summed E-state index contributed by atoms with van der Waals surface area (Å²) in [5, 5.41) is 14.1. The topological polar surface area (TPSA) is 75.4 Å². The van der Waals surface area contributed by atoms with Gasteiger partial charge in [-0.3, -0.25) is 4.79 Å². The molecule has 6 heteroatoms. The standard InChI is InChI=1S/C18H24Cl2N2O2/c19-14-6-12(7-15(20)8-14)16(23)9-22-18(24)13-4-10-2-1-3-11(5-13)17(10)21/h6-8,10-11,13,16-17,23H,1-5,9,21H2,(H,22,24). The molecule has 0 aliphatic heterocycles. The summed E-state index contributed by atoms with van der Waals surface area (Å²) in [5.41, 5.74) is 6.88. The van der Waals surface area contributed by atoms with Crippen molar-refractivity contribution in [1.29, 1.82) is 0 Å². The first kappa shape index (κ1) is 18.0. The summed E-state index contributed by atoms with van der Waals surface area (Å²) in [7, 11) is 0. The molecule has 0 spiro atoms. The van der Waals surface area contributed by atoms with Crippen molar-refractivity contribution in [1.82, 2.24) is 5.32 Å². The van der Waals surface area contributed by atoms with Crippen molar-refractivity contribution in [2.24, 2.45) is 23.5 Å². The Kier molecular flexibility index (Phi) is 5.70. The number of carbonyl (C=O) groups is 1. The summed E-state index contributed by atoms with van der Waals surface area (Å²) in [6, 6.07) is 5.19. The molecule has 3 unspecified atom stereocenters. The molecule has 24 heavy (non-hydrogen) atoms. The van der Waals surface area contributed by atoms with E-state index in [2.05, 4.69) is 5.32 Å². The van der Waals surface area contributed by atoms with Crippen molar-refractivity contribution in [2.75, 3.05) is 6.54 Å². The van der Waals surface area contributed by atoms with E-state index in [-0.39, 0.29) is 24.4 Å². The Morgan fingerprint density at radius 3 is 2.38 bits per heavy atom. The van der Waals surface area contributed by atoms with E-state index in [0.29, 0.717) is 27.4 Å². The van der Waals surface area contributed by atoms with Gasteiger partial charge in [0.15, 0.2) is 0 Å². The smallest absolute Gasteiger partial charge is 0.223 e. The molecule has 1 aromatic rings. The van der Waals surface area contributed by atoms with Gasteiger partial charge in [-0.15, -0.1) is 0 Å². The van der Waals surface area contributed by atoms with Gasteiger partial charge in [0, 0.05) is 28.5 Å². The minimum absolute atomic E-state index is 0.00949. The van der Waals surface area contributed by atoms with Crippen LogP contribution in [-0.4, -0.2) is 23.6 Å². The third kappa shape index (κ3) is 4.05. The van der Waals surface area contributed by atoms with Crippen LogP contribution in [0.3, 0.4) is 0 Å². The zero-order valence-electron chi connectivity index (χ0n) is 13.6. The van der Waals surface area contributed by atoms with E-state index >= 15 is 0 Å². The van der Waals surface area contributed by atoms with Crippen LogP contribution < -0.4 is 11.1 Å². The first-order chi connectivity index (χ1) is 11.4. The number of carbonyl (C=O) groups excluding carboxylic acids is 1. The Morgan fingerprint density at radius 1 is 1.21 bits per heavy atom. The van der Waals surface area contributed by atoms with Crippen LogP contribution in [0.4, 0.5) is 0 Å². The van der Waals surface area contributed by atoms with Crippen molar-refractivity contribution in [3.63, 3.8) is 0 Å². The number of nitrogens with two attached hydrogens (primary N) is 1. The first-order valence-electron chi connectivity index (χ1n) is 8.61. The van der Waals surface area contributed by atoms with E-state index in [9.17, 15) is 9.90 Å². The van der Waals surface area contributed by atoms with E-state index in [1.54, 1.807) is 18.2 Å². The molecule has 2 aliphatic rings. The molecule has 0 aromatic heterocycles. The van der Waals surface area contributed by atoms with Gasteiger partial charge in [0.1, 0.15) is 0 Å². The lowest BCUT2D eigenvalue weighted by Gasteiger charge is -2.43. The maximum absolute atomic E-state index is 12.5. The predicted molar refractivity (Wildman–Crippen MR) is 96.0 cm³/mol. The SMILES string of the molecule is NC1C2CCCC1CC(C(=O)NCC(O)c1cc(Cl)cc(Cl)c1)C2. The Labute approximate surface area is 152 Å². The number of amides is 1. The molecular formula is C18H24Cl2N2O2. The van der Waals surface area contributed by atoms with Crippen LogP contribution >= 0.6 is 23.2 Å². The van der Waals surface area contributed by atoms with Crippen LogP contribution in [-0.2, 0) is 4.79 Å². The molecule has 4 N–H and O–H groups in total.